The fourth-order valence-corrected chi connectivity index (χ4v) is 4.93. The van der Waals surface area contributed by atoms with E-state index < -0.39 is 0 Å². The molecule has 5 rings (SSSR count). The molecule has 1 amide bonds. The Morgan fingerprint density at radius 3 is 2.32 bits per heavy atom. The third kappa shape index (κ3) is 5.57. The molecule has 3 aromatic rings. The highest BCUT2D eigenvalue weighted by Crippen LogP contribution is 2.31. The van der Waals surface area contributed by atoms with Crippen molar-refractivity contribution in [2.45, 2.75) is 32.5 Å². The van der Waals surface area contributed by atoms with Gasteiger partial charge in [0.2, 0.25) is 11.9 Å². The minimum atomic E-state index is -0.0526. The minimum absolute atomic E-state index is 0.0526. The first-order valence-corrected chi connectivity index (χ1v) is 13.1. The van der Waals surface area contributed by atoms with Crippen molar-refractivity contribution in [3.8, 4) is 11.3 Å². The van der Waals surface area contributed by atoms with Gasteiger partial charge in [0.15, 0.2) is 5.65 Å². The van der Waals surface area contributed by atoms with Crippen LogP contribution in [0.5, 0.6) is 0 Å². The van der Waals surface area contributed by atoms with Gasteiger partial charge in [-0.15, -0.1) is 0 Å². The molecular weight excluding hydrogens is 484 g/mol. The number of morpholine rings is 2. The van der Waals surface area contributed by atoms with E-state index in [1.807, 2.05) is 30.3 Å². The molecule has 0 aliphatic carbocycles. The molecule has 4 heterocycles. The fourth-order valence-electron chi connectivity index (χ4n) is 4.93. The number of carbonyl (C=O) groups is 1. The van der Waals surface area contributed by atoms with Crippen LogP contribution in [0.25, 0.3) is 22.3 Å². The fraction of sp³-hybridized carbons (Fsp3) is 0.500. The van der Waals surface area contributed by atoms with Gasteiger partial charge < -0.3 is 28.9 Å². The van der Waals surface area contributed by atoms with Gasteiger partial charge in [-0.25, -0.2) is 4.98 Å². The summed E-state index contributed by atoms with van der Waals surface area (Å²) in [6.45, 7) is 9.04. The van der Waals surface area contributed by atoms with Crippen LogP contribution in [-0.2, 0) is 25.5 Å². The lowest BCUT2D eigenvalue weighted by atomic mass is 10.1. The largest absolute Gasteiger partial charge is 0.377 e. The monoisotopic (exact) mass is 520 g/mol. The maximum Gasteiger partial charge on any atom is 0.248 e. The lowest BCUT2D eigenvalue weighted by Gasteiger charge is -2.37. The van der Waals surface area contributed by atoms with Crippen LogP contribution < -0.4 is 9.80 Å². The quantitative estimate of drug-likeness (QED) is 0.466. The second kappa shape index (κ2) is 11.6. The highest BCUT2D eigenvalue weighted by molar-refractivity contribution is 5.90. The second-order valence-electron chi connectivity index (χ2n) is 10.0. The molecule has 10 nitrogen and oxygen atoms in total. The van der Waals surface area contributed by atoms with Gasteiger partial charge in [-0.3, -0.25) is 4.79 Å². The summed E-state index contributed by atoms with van der Waals surface area (Å²) >= 11 is 0. The van der Waals surface area contributed by atoms with E-state index >= 15 is 0 Å². The molecule has 2 fully saturated rings. The molecule has 202 valence electrons. The summed E-state index contributed by atoms with van der Waals surface area (Å²) in [5.41, 5.74) is 3.54. The van der Waals surface area contributed by atoms with Crippen molar-refractivity contribution < 1.29 is 19.0 Å². The standard InChI is InChI=1S/C28H36N6O4/c1-19-16-37-13-11-33(19)27-23-9-10-24(22-7-5-21(6-8-22)15-32(3)25(35)18-36-4)29-26(23)30-28(31-27)34-12-14-38-17-20(34)2/h5-10,19-20H,11-18H2,1-4H3/t19-,20+/m0/s1. The number of pyridine rings is 1. The van der Waals surface area contributed by atoms with Crippen LogP contribution in [0.4, 0.5) is 11.8 Å². The molecule has 2 saturated heterocycles. The Labute approximate surface area is 223 Å². The van der Waals surface area contributed by atoms with Crippen molar-refractivity contribution in [2.24, 2.45) is 0 Å². The van der Waals surface area contributed by atoms with E-state index in [1.165, 1.54) is 7.11 Å². The van der Waals surface area contributed by atoms with E-state index in [-0.39, 0.29) is 24.6 Å². The Morgan fingerprint density at radius 2 is 1.66 bits per heavy atom. The second-order valence-corrected chi connectivity index (χ2v) is 10.0. The first kappa shape index (κ1) is 26.3. The number of hydrogen-bond donors (Lipinski definition) is 0. The first-order chi connectivity index (χ1) is 18.4. The predicted octanol–water partition coefficient (Wildman–Crippen LogP) is 2.75. The molecule has 2 aliphatic rings. The average Bonchev–Trinajstić information content (AvgIpc) is 2.93. The molecular formula is C28H36N6O4. The lowest BCUT2D eigenvalue weighted by Crippen LogP contribution is -2.46. The van der Waals surface area contributed by atoms with E-state index in [0.29, 0.717) is 44.6 Å². The number of likely N-dealkylation sites (N-methyl/N-ethyl adjacent to an activating group) is 1. The van der Waals surface area contributed by atoms with E-state index in [9.17, 15) is 4.79 Å². The maximum atomic E-state index is 12.0. The van der Waals surface area contributed by atoms with Crippen molar-refractivity contribution in [1.29, 1.82) is 0 Å². The van der Waals surface area contributed by atoms with Crippen LogP contribution in [-0.4, -0.2) is 98.1 Å². The molecule has 10 heteroatoms. The summed E-state index contributed by atoms with van der Waals surface area (Å²) in [6, 6.07) is 12.6. The van der Waals surface area contributed by atoms with Crippen molar-refractivity contribution in [3.63, 3.8) is 0 Å². The van der Waals surface area contributed by atoms with E-state index in [0.717, 1.165) is 41.1 Å². The van der Waals surface area contributed by atoms with E-state index in [4.69, 9.17) is 29.2 Å². The van der Waals surface area contributed by atoms with Crippen molar-refractivity contribution in [1.82, 2.24) is 19.9 Å². The van der Waals surface area contributed by atoms with Crippen molar-refractivity contribution >= 4 is 28.7 Å². The van der Waals surface area contributed by atoms with Crippen LogP contribution in [0.15, 0.2) is 36.4 Å². The van der Waals surface area contributed by atoms with E-state index in [1.54, 1.807) is 11.9 Å². The Morgan fingerprint density at radius 1 is 0.974 bits per heavy atom. The van der Waals surface area contributed by atoms with Crippen molar-refractivity contribution in [3.05, 3.63) is 42.0 Å². The van der Waals surface area contributed by atoms with Gasteiger partial charge in [-0.2, -0.15) is 9.97 Å². The smallest absolute Gasteiger partial charge is 0.248 e. The van der Waals surface area contributed by atoms with Gasteiger partial charge in [0.25, 0.3) is 0 Å². The molecule has 0 spiro atoms. The number of amides is 1. The molecule has 2 atom stereocenters. The third-order valence-corrected chi connectivity index (χ3v) is 7.16. The summed E-state index contributed by atoms with van der Waals surface area (Å²) in [5, 5.41) is 0.932. The van der Waals surface area contributed by atoms with Crippen LogP contribution in [0.1, 0.15) is 19.4 Å². The molecule has 0 bridgehead atoms. The Hall–Kier alpha value is -3.34. The number of benzene rings is 1. The number of ether oxygens (including phenoxy) is 3. The molecule has 1 aromatic carbocycles. The highest BCUT2D eigenvalue weighted by atomic mass is 16.5. The molecule has 0 saturated carbocycles. The number of aromatic nitrogens is 3. The molecule has 2 aliphatic heterocycles. The topological polar surface area (TPSA) is 93.2 Å². The Kier molecular flexibility index (Phi) is 8.01. The van der Waals surface area contributed by atoms with Crippen LogP contribution in [0, 0.1) is 0 Å². The van der Waals surface area contributed by atoms with Gasteiger partial charge in [-0.05, 0) is 31.5 Å². The summed E-state index contributed by atoms with van der Waals surface area (Å²) in [6.07, 6.45) is 0. The predicted molar refractivity (Wildman–Crippen MR) is 146 cm³/mol. The van der Waals surface area contributed by atoms with Gasteiger partial charge in [0.05, 0.1) is 49.6 Å². The number of anilines is 2. The molecule has 2 aromatic heterocycles. The summed E-state index contributed by atoms with van der Waals surface area (Å²) in [5.74, 6) is 1.53. The van der Waals surface area contributed by atoms with Gasteiger partial charge in [0, 0.05) is 39.4 Å². The Balaban J connectivity index is 1.48. The zero-order valence-corrected chi connectivity index (χ0v) is 22.6. The van der Waals surface area contributed by atoms with E-state index in [2.05, 4.69) is 29.7 Å². The SMILES string of the molecule is COCC(=O)N(C)Cc1ccc(-c2ccc3c(N4CCOC[C@@H]4C)nc(N4CCOC[C@H]4C)nc3n2)cc1. The van der Waals surface area contributed by atoms with Crippen LogP contribution in [0.3, 0.4) is 0 Å². The van der Waals surface area contributed by atoms with Gasteiger partial charge in [0.1, 0.15) is 12.4 Å². The van der Waals surface area contributed by atoms with Crippen LogP contribution in [0.2, 0.25) is 0 Å². The average molecular weight is 521 g/mol. The van der Waals surface area contributed by atoms with Crippen LogP contribution >= 0.6 is 0 Å². The van der Waals surface area contributed by atoms with Crippen molar-refractivity contribution in [2.75, 3.05) is 70.1 Å². The molecule has 0 N–H and O–H groups in total. The minimum Gasteiger partial charge on any atom is -0.377 e. The molecule has 0 unspecified atom stereocenters. The number of hydrogen-bond acceptors (Lipinski definition) is 9. The number of rotatable bonds is 7. The van der Waals surface area contributed by atoms with Gasteiger partial charge >= 0.3 is 0 Å². The number of nitrogens with zero attached hydrogens (tertiary/aromatic N) is 6. The lowest BCUT2D eigenvalue weighted by molar-refractivity contribution is -0.134. The number of carbonyl (C=O) groups excluding carboxylic acids is 1. The summed E-state index contributed by atoms with van der Waals surface area (Å²) in [4.78, 5) is 33.2. The summed E-state index contributed by atoms with van der Waals surface area (Å²) in [7, 11) is 3.30. The third-order valence-electron chi connectivity index (χ3n) is 7.16. The maximum absolute atomic E-state index is 12.0. The number of methoxy groups -OCH3 is 1. The molecule has 0 radical (unpaired) electrons. The Bertz CT molecular complexity index is 1270. The van der Waals surface area contributed by atoms with Gasteiger partial charge in [-0.1, -0.05) is 24.3 Å². The zero-order valence-electron chi connectivity index (χ0n) is 22.6. The summed E-state index contributed by atoms with van der Waals surface area (Å²) < 4.78 is 16.3. The molecule has 38 heavy (non-hydrogen) atoms. The highest BCUT2D eigenvalue weighted by Gasteiger charge is 2.27. The zero-order chi connectivity index (χ0) is 26.6. The normalized spacial score (nSPS) is 20.1. The number of fused-ring (bicyclic) bond motifs is 1. The first-order valence-electron chi connectivity index (χ1n) is 13.1.